The molecule has 0 radical (unpaired) electrons. The zero-order chi connectivity index (χ0) is 15.4. The van der Waals surface area contributed by atoms with Crippen molar-refractivity contribution < 1.29 is 14.3 Å². The number of benzene rings is 1. The number of ether oxygens (including phenoxy) is 1. The van der Waals surface area contributed by atoms with Gasteiger partial charge >= 0.3 is 0 Å². The predicted molar refractivity (Wildman–Crippen MR) is 81.5 cm³/mol. The van der Waals surface area contributed by atoms with Crippen molar-refractivity contribution in [3.05, 3.63) is 18.2 Å². The largest absolute Gasteiger partial charge is 0.494 e. The summed E-state index contributed by atoms with van der Waals surface area (Å²) in [7, 11) is 1.52. The zero-order valence-corrected chi connectivity index (χ0v) is 12.5. The molecule has 6 heteroatoms. The van der Waals surface area contributed by atoms with Crippen LogP contribution < -0.4 is 20.7 Å². The first kappa shape index (κ1) is 15.3. The second-order valence-corrected chi connectivity index (χ2v) is 5.33. The van der Waals surface area contributed by atoms with Crippen LogP contribution in [-0.2, 0) is 9.59 Å². The van der Waals surface area contributed by atoms with E-state index >= 15 is 0 Å². The lowest BCUT2D eigenvalue weighted by atomic mass is 9.97. The number of rotatable bonds is 4. The molecule has 1 heterocycles. The van der Waals surface area contributed by atoms with E-state index in [2.05, 4.69) is 22.9 Å². The molecule has 114 valence electrons. The van der Waals surface area contributed by atoms with Crippen LogP contribution in [0.2, 0.25) is 0 Å². The van der Waals surface area contributed by atoms with Crippen LogP contribution in [-0.4, -0.2) is 32.0 Å². The van der Waals surface area contributed by atoms with Gasteiger partial charge in [-0.1, -0.05) is 6.92 Å². The smallest absolute Gasteiger partial charge is 0.229 e. The predicted octanol–water partition coefficient (Wildman–Crippen LogP) is 1.45. The Morgan fingerprint density at radius 1 is 1.29 bits per heavy atom. The van der Waals surface area contributed by atoms with Gasteiger partial charge in [0.1, 0.15) is 5.75 Å². The van der Waals surface area contributed by atoms with Crippen LogP contribution in [0, 0.1) is 11.8 Å². The van der Waals surface area contributed by atoms with Crippen LogP contribution in [0.25, 0.3) is 0 Å². The summed E-state index contributed by atoms with van der Waals surface area (Å²) in [5.74, 6) is 0.648. The molecular weight excluding hydrogens is 270 g/mol. The number of amides is 2. The molecule has 1 aliphatic heterocycles. The fourth-order valence-electron chi connectivity index (χ4n) is 2.46. The van der Waals surface area contributed by atoms with Crippen LogP contribution >= 0.6 is 0 Å². The van der Waals surface area contributed by atoms with Gasteiger partial charge in [-0.25, -0.2) is 0 Å². The molecule has 0 saturated carbocycles. The molecule has 2 rings (SSSR count). The molecule has 1 fully saturated rings. The number of hydrogen-bond acceptors (Lipinski definition) is 4. The Hall–Kier alpha value is -2.08. The summed E-state index contributed by atoms with van der Waals surface area (Å²) in [6.45, 7) is 5.06. The minimum Gasteiger partial charge on any atom is -0.494 e. The molecule has 0 aliphatic carbocycles. The van der Waals surface area contributed by atoms with E-state index in [1.54, 1.807) is 18.2 Å². The lowest BCUT2D eigenvalue weighted by Crippen LogP contribution is -2.27. The first-order chi connectivity index (χ1) is 10.0. The number of nitrogens with one attached hydrogen (secondary N) is 3. The summed E-state index contributed by atoms with van der Waals surface area (Å²) in [4.78, 5) is 23.3. The van der Waals surface area contributed by atoms with E-state index in [1.165, 1.54) is 14.0 Å². The lowest BCUT2D eigenvalue weighted by molar-refractivity contribution is -0.120. The number of carbonyl (C=O) groups is 2. The minimum atomic E-state index is -0.170. The van der Waals surface area contributed by atoms with Crippen molar-refractivity contribution in [2.24, 2.45) is 11.8 Å². The normalized spacial score (nSPS) is 20.9. The fourth-order valence-corrected chi connectivity index (χ4v) is 2.46. The Morgan fingerprint density at radius 2 is 2.05 bits per heavy atom. The minimum absolute atomic E-state index is 0.00169. The van der Waals surface area contributed by atoms with Gasteiger partial charge in [-0.2, -0.15) is 0 Å². The SMILES string of the molecule is COc1cc(NC(=O)C2CNCC2C)ccc1NC(C)=O. The fraction of sp³-hybridized carbons (Fsp3) is 0.467. The van der Waals surface area contributed by atoms with Gasteiger partial charge in [0, 0.05) is 25.2 Å². The van der Waals surface area contributed by atoms with Gasteiger partial charge in [-0.3, -0.25) is 9.59 Å². The van der Waals surface area contributed by atoms with E-state index in [-0.39, 0.29) is 17.7 Å². The third-order valence-corrected chi connectivity index (χ3v) is 3.63. The Bertz CT molecular complexity index is 545. The summed E-state index contributed by atoms with van der Waals surface area (Å²) in [5.41, 5.74) is 1.24. The topological polar surface area (TPSA) is 79.5 Å². The van der Waals surface area contributed by atoms with Crippen molar-refractivity contribution in [3.63, 3.8) is 0 Å². The molecule has 1 aromatic rings. The molecule has 21 heavy (non-hydrogen) atoms. The average molecular weight is 291 g/mol. The van der Waals surface area contributed by atoms with Crippen molar-refractivity contribution in [3.8, 4) is 5.75 Å². The van der Waals surface area contributed by atoms with Gasteiger partial charge in [0.05, 0.1) is 18.7 Å². The van der Waals surface area contributed by atoms with Crippen LogP contribution in [0.3, 0.4) is 0 Å². The molecule has 6 nitrogen and oxygen atoms in total. The molecule has 2 atom stereocenters. The quantitative estimate of drug-likeness (QED) is 0.784. The number of methoxy groups -OCH3 is 1. The third-order valence-electron chi connectivity index (χ3n) is 3.63. The second kappa shape index (κ2) is 6.58. The number of anilines is 2. The maximum Gasteiger partial charge on any atom is 0.229 e. The van der Waals surface area contributed by atoms with Crippen molar-refractivity contribution >= 4 is 23.2 Å². The Labute approximate surface area is 124 Å². The molecule has 2 amide bonds. The van der Waals surface area contributed by atoms with Gasteiger partial charge in [-0.15, -0.1) is 0 Å². The van der Waals surface area contributed by atoms with Crippen molar-refractivity contribution in [2.75, 3.05) is 30.8 Å². The standard InChI is InChI=1S/C15H21N3O3/c1-9-7-16-8-12(9)15(20)18-11-4-5-13(17-10(2)19)14(6-11)21-3/h4-6,9,12,16H,7-8H2,1-3H3,(H,17,19)(H,18,20). The molecule has 3 N–H and O–H groups in total. The van der Waals surface area contributed by atoms with Crippen LogP contribution in [0.15, 0.2) is 18.2 Å². The van der Waals surface area contributed by atoms with E-state index in [1.807, 2.05) is 0 Å². The first-order valence-electron chi connectivity index (χ1n) is 6.98. The van der Waals surface area contributed by atoms with Crippen molar-refractivity contribution in [2.45, 2.75) is 13.8 Å². The number of hydrogen-bond donors (Lipinski definition) is 3. The Morgan fingerprint density at radius 3 is 2.62 bits per heavy atom. The van der Waals surface area contributed by atoms with E-state index in [0.29, 0.717) is 29.6 Å². The van der Waals surface area contributed by atoms with Crippen LogP contribution in [0.4, 0.5) is 11.4 Å². The second-order valence-electron chi connectivity index (χ2n) is 5.33. The lowest BCUT2D eigenvalue weighted by Gasteiger charge is -2.16. The van der Waals surface area contributed by atoms with Crippen molar-refractivity contribution in [1.29, 1.82) is 0 Å². The maximum atomic E-state index is 12.2. The highest BCUT2D eigenvalue weighted by atomic mass is 16.5. The molecular formula is C15H21N3O3. The van der Waals surface area contributed by atoms with E-state index in [4.69, 9.17) is 4.74 Å². The van der Waals surface area contributed by atoms with E-state index in [0.717, 1.165) is 6.54 Å². The van der Waals surface area contributed by atoms with Crippen LogP contribution in [0.5, 0.6) is 5.75 Å². The van der Waals surface area contributed by atoms with Gasteiger partial charge < -0.3 is 20.7 Å². The summed E-state index contributed by atoms with van der Waals surface area (Å²) < 4.78 is 5.24. The molecule has 2 unspecified atom stereocenters. The summed E-state index contributed by atoms with van der Waals surface area (Å²) in [6, 6.07) is 5.17. The van der Waals surface area contributed by atoms with Gasteiger partial charge in [0.2, 0.25) is 11.8 Å². The van der Waals surface area contributed by atoms with Gasteiger partial charge in [0.15, 0.2) is 0 Å². The average Bonchev–Trinajstić information content (AvgIpc) is 2.86. The number of carbonyl (C=O) groups excluding carboxylic acids is 2. The first-order valence-corrected chi connectivity index (χ1v) is 6.98. The van der Waals surface area contributed by atoms with Crippen molar-refractivity contribution in [1.82, 2.24) is 5.32 Å². The highest BCUT2D eigenvalue weighted by Gasteiger charge is 2.29. The highest BCUT2D eigenvalue weighted by Crippen LogP contribution is 2.28. The maximum absolute atomic E-state index is 12.2. The highest BCUT2D eigenvalue weighted by molar-refractivity contribution is 5.95. The molecule has 1 aromatic carbocycles. The molecule has 1 aliphatic rings. The third kappa shape index (κ3) is 3.72. The van der Waals surface area contributed by atoms with E-state index in [9.17, 15) is 9.59 Å². The van der Waals surface area contributed by atoms with Crippen LogP contribution in [0.1, 0.15) is 13.8 Å². The summed E-state index contributed by atoms with van der Waals surface area (Å²) in [6.07, 6.45) is 0. The summed E-state index contributed by atoms with van der Waals surface area (Å²) in [5, 5.41) is 8.79. The molecule has 0 spiro atoms. The molecule has 1 saturated heterocycles. The Balaban J connectivity index is 2.10. The van der Waals surface area contributed by atoms with Gasteiger partial charge in [-0.05, 0) is 24.6 Å². The molecule has 0 aromatic heterocycles. The van der Waals surface area contributed by atoms with E-state index < -0.39 is 0 Å². The van der Waals surface area contributed by atoms with Gasteiger partial charge in [0.25, 0.3) is 0 Å². The monoisotopic (exact) mass is 291 g/mol. The Kier molecular flexibility index (Phi) is 4.80. The molecule has 0 bridgehead atoms. The zero-order valence-electron chi connectivity index (χ0n) is 12.5. The summed E-state index contributed by atoms with van der Waals surface area (Å²) >= 11 is 0.